The molecule has 0 saturated carbocycles. The molecule has 0 N–H and O–H groups in total. The molecule has 2 aromatic carbocycles. The first-order chi connectivity index (χ1) is 16.6. The molecule has 0 spiro atoms. The molecule has 1 saturated heterocycles. The largest absolute Gasteiger partial charge is 0.495 e. The van der Waals surface area contributed by atoms with Gasteiger partial charge in [0.15, 0.2) is 5.13 Å². The molecular weight excluding hydrogens is 513 g/mol. The van der Waals surface area contributed by atoms with Gasteiger partial charge in [0.2, 0.25) is 5.91 Å². The Kier molecular flexibility index (Phi) is 10.4. The summed E-state index contributed by atoms with van der Waals surface area (Å²) in [5.74, 6) is 1.22. The van der Waals surface area contributed by atoms with Crippen molar-refractivity contribution in [2.75, 3.05) is 64.3 Å². The fourth-order valence-electron chi connectivity index (χ4n) is 3.75. The van der Waals surface area contributed by atoms with Crippen LogP contribution in [0.4, 0.5) is 9.52 Å². The second-order valence-corrected chi connectivity index (χ2v) is 9.77. The van der Waals surface area contributed by atoms with Crippen molar-refractivity contribution in [3.8, 4) is 11.5 Å². The van der Waals surface area contributed by atoms with Crippen LogP contribution in [0.1, 0.15) is 6.42 Å². The van der Waals surface area contributed by atoms with Gasteiger partial charge in [0.1, 0.15) is 27.5 Å². The summed E-state index contributed by atoms with van der Waals surface area (Å²) in [6.07, 6.45) is 0.817. The van der Waals surface area contributed by atoms with Crippen LogP contribution in [0.2, 0.25) is 0 Å². The van der Waals surface area contributed by atoms with Crippen LogP contribution in [0.25, 0.3) is 10.2 Å². The number of rotatable bonds is 10. The Hall–Kier alpha value is -2.11. The van der Waals surface area contributed by atoms with Crippen LogP contribution in [0.15, 0.2) is 41.3 Å². The van der Waals surface area contributed by atoms with E-state index in [-0.39, 0.29) is 29.9 Å². The molecule has 1 fully saturated rings. The number of fused-ring (bicyclic) bond motifs is 1. The molecule has 35 heavy (non-hydrogen) atoms. The number of nitrogens with zero attached hydrogens (tertiary/aromatic N) is 3. The standard InChI is InChI=1S/C24H28FN3O4S2.ClH/c1-30-19-8-9-20(31-2)23-22(19)26-24(34-23)28(11-3-10-27-12-14-32-15-13-27)21(29)16-33-18-6-4-17(25)5-7-18;/h4-9H,3,10-16H2,1-2H3;1H. The van der Waals surface area contributed by atoms with Crippen LogP contribution in [-0.2, 0) is 9.53 Å². The number of morpholine rings is 1. The van der Waals surface area contributed by atoms with Gasteiger partial charge in [-0.3, -0.25) is 14.6 Å². The lowest BCUT2D eigenvalue weighted by molar-refractivity contribution is -0.116. The average Bonchev–Trinajstić information content (AvgIpc) is 3.31. The molecule has 2 heterocycles. The third kappa shape index (κ3) is 6.98. The van der Waals surface area contributed by atoms with Gasteiger partial charge in [-0.2, -0.15) is 0 Å². The minimum atomic E-state index is -0.294. The van der Waals surface area contributed by atoms with Crippen molar-refractivity contribution in [3.63, 3.8) is 0 Å². The maximum atomic E-state index is 13.4. The average molecular weight is 542 g/mol. The van der Waals surface area contributed by atoms with E-state index >= 15 is 0 Å². The van der Waals surface area contributed by atoms with Crippen LogP contribution in [0.5, 0.6) is 11.5 Å². The topological polar surface area (TPSA) is 64.1 Å². The molecule has 0 atom stereocenters. The van der Waals surface area contributed by atoms with E-state index in [0.29, 0.717) is 28.7 Å². The number of anilines is 1. The Morgan fingerprint density at radius 2 is 1.83 bits per heavy atom. The number of carbonyl (C=O) groups is 1. The molecule has 4 rings (SSSR count). The zero-order chi connectivity index (χ0) is 23.9. The first kappa shape index (κ1) is 27.5. The van der Waals surface area contributed by atoms with Crippen molar-refractivity contribution in [1.82, 2.24) is 9.88 Å². The van der Waals surface area contributed by atoms with E-state index in [1.807, 2.05) is 12.1 Å². The van der Waals surface area contributed by atoms with Crippen molar-refractivity contribution < 1.29 is 23.4 Å². The number of aromatic nitrogens is 1. The normalized spacial score (nSPS) is 13.9. The molecular formula is C24H29ClFN3O4S2. The molecule has 11 heteroatoms. The van der Waals surface area contributed by atoms with Crippen LogP contribution >= 0.6 is 35.5 Å². The number of ether oxygens (including phenoxy) is 3. The number of halogens is 2. The zero-order valence-electron chi connectivity index (χ0n) is 19.7. The van der Waals surface area contributed by atoms with E-state index in [1.54, 1.807) is 31.3 Å². The van der Waals surface area contributed by atoms with Gasteiger partial charge in [0.05, 0.1) is 33.2 Å². The highest BCUT2D eigenvalue weighted by atomic mass is 35.5. The summed E-state index contributed by atoms with van der Waals surface area (Å²) in [5.41, 5.74) is 0.680. The molecule has 0 radical (unpaired) electrons. The molecule has 1 aliphatic rings. The molecule has 1 amide bonds. The highest BCUT2D eigenvalue weighted by molar-refractivity contribution is 8.00. The van der Waals surface area contributed by atoms with E-state index in [1.165, 1.54) is 35.2 Å². The van der Waals surface area contributed by atoms with Gasteiger partial charge in [-0.1, -0.05) is 11.3 Å². The summed E-state index contributed by atoms with van der Waals surface area (Å²) in [5, 5.41) is 0.615. The number of benzene rings is 2. The summed E-state index contributed by atoms with van der Waals surface area (Å²) < 4.78 is 30.5. The predicted octanol–water partition coefficient (Wildman–Crippen LogP) is 4.72. The Morgan fingerprint density at radius 3 is 2.51 bits per heavy atom. The van der Waals surface area contributed by atoms with E-state index in [0.717, 1.165) is 48.9 Å². The third-order valence-electron chi connectivity index (χ3n) is 5.57. The summed E-state index contributed by atoms with van der Waals surface area (Å²) in [7, 11) is 3.22. The van der Waals surface area contributed by atoms with Crippen molar-refractivity contribution in [2.24, 2.45) is 0 Å². The molecule has 0 bridgehead atoms. The zero-order valence-corrected chi connectivity index (χ0v) is 22.1. The Morgan fingerprint density at radius 1 is 1.14 bits per heavy atom. The lowest BCUT2D eigenvalue weighted by atomic mass is 10.3. The van der Waals surface area contributed by atoms with Crippen molar-refractivity contribution in [3.05, 3.63) is 42.2 Å². The second kappa shape index (κ2) is 13.3. The minimum absolute atomic E-state index is 0. The SMILES string of the molecule is COc1ccc(OC)c2sc(N(CCCN3CCOCC3)C(=O)CSc3ccc(F)cc3)nc12.Cl. The number of hydrogen-bond donors (Lipinski definition) is 0. The molecule has 1 aromatic heterocycles. The Balaban J connectivity index is 0.00000342. The number of carbonyl (C=O) groups excluding carboxylic acids is 1. The molecule has 190 valence electrons. The summed E-state index contributed by atoms with van der Waals surface area (Å²) in [4.78, 5) is 23.1. The second-order valence-electron chi connectivity index (χ2n) is 7.74. The van der Waals surface area contributed by atoms with Gasteiger partial charge in [0.25, 0.3) is 0 Å². The van der Waals surface area contributed by atoms with Gasteiger partial charge in [-0.05, 0) is 42.8 Å². The van der Waals surface area contributed by atoms with Gasteiger partial charge in [-0.15, -0.1) is 24.2 Å². The monoisotopic (exact) mass is 541 g/mol. The highest BCUT2D eigenvalue weighted by Crippen LogP contribution is 2.40. The number of thioether (sulfide) groups is 1. The fraction of sp³-hybridized carbons (Fsp3) is 0.417. The van der Waals surface area contributed by atoms with Gasteiger partial charge < -0.3 is 14.2 Å². The summed E-state index contributed by atoms with van der Waals surface area (Å²) >= 11 is 2.81. The molecule has 3 aromatic rings. The minimum Gasteiger partial charge on any atom is -0.495 e. The Bertz CT molecular complexity index is 1070. The smallest absolute Gasteiger partial charge is 0.239 e. The first-order valence-electron chi connectivity index (χ1n) is 11.1. The fourth-order valence-corrected chi connectivity index (χ4v) is 5.64. The Labute approximate surface area is 219 Å². The number of amides is 1. The number of methoxy groups -OCH3 is 2. The maximum absolute atomic E-state index is 13.4. The van der Waals surface area contributed by atoms with Gasteiger partial charge in [-0.25, -0.2) is 9.37 Å². The van der Waals surface area contributed by atoms with Crippen molar-refractivity contribution >= 4 is 56.8 Å². The quantitative estimate of drug-likeness (QED) is 0.344. The number of thiazole rings is 1. The molecule has 7 nitrogen and oxygen atoms in total. The van der Waals surface area contributed by atoms with Crippen molar-refractivity contribution in [2.45, 2.75) is 11.3 Å². The summed E-state index contributed by atoms with van der Waals surface area (Å²) in [6, 6.07) is 9.84. The van der Waals surface area contributed by atoms with Crippen LogP contribution in [0, 0.1) is 5.82 Å². The lowest BCUT2D eigenvalue weighted by Crippen LogP contribution is -2.39. The van der Waals surface area contributed by atoms with E-state index in [2.05, 4.69) is 4.90 Å². The first-order valence-corrected chi connectivity index (χ1v) is 12.9. The summed E-state index contributed by atoms with van der Waals surface area (Å²) in [6.45, 7) is 4.73. The van der Waals surface area contributed by atoms with Gasteiger partial charge >= 0.3 is 0 Å². The number of hydrogen-bond acceptors (Lipinski definition) is 8. The van der Waals surface area contributed by atoms with Crippen LogP contribution in [0.3, 0.4) is 0 Å². The highest BCUT2D eigenvalue weighted by Gasteiger charge is 2.23. The van der Waals surface area contributed by atoms with Crippen molar-refractivity contribution in [1.29, 1.82) is 0 Å². The molecule has 0 aliphatic carbocycles. The van der Waals surface area contributed by atoms with E-state index in [9.17, 15) is 9.18 Å². The lowest BCUT2D eigenvalue weighted by Gasteiger charge is -2.27. The maximum Gasteiger partial charge on any atom is 0.239 e. The molecule has 0 unspecified atom stereocenters. The van der Waals surface area contributed by atoms with Crippen LogP contribution in [-0.4, -0.2) is 75.2 Å². The van der Waals surface area contributed by atoms with Crippen LogP contribution < -0.4 is 14.4 Å². The molecule has 1 aliphatic heterocycles. The van der Waals surface area contributed by atoms with E-state index in [4.69, 9.17) is 19.2 Å². The predicted molar refractivity (Wildman–Crippen MR) is 141 cm³/mol. The van der Waals surface area contributed by atoms with E-state index < -0.39 is 0 Å². The van der Waals surface area contributed by atoms with Gasteiger partial charge in [0, 0.05) is 31.1 Å². The third-order valence-corrected chi connectivity index (χ3v) is 7.66.